The fourth-order valence-electron chi connectivity index (χ4n) is 2.08. The Morgan fingerprint density at radius 2 is 1.73 bits per heavy atom. The number of rotatable bonds is 8. The zero-order valence-electron chi connectivity index (χ0n) is 12.6. The van der Waals surface area contributed by atoms with E-state index < -0.39 is 62.4 Å². The fraction of sp³-hybridized carbons (Fsp3) is 1.00. The quantitative estimate of drug-likeness (QED) is 0.262. The first-order chi connectivity index (χ1) is 10.3. The smallest absolute Gasteiger partial charge is 0.187 e. The van der Waals surface area contributed by atoms with Crippen LogP contribution in [-0.2, 0) is 14.2 Å². The Bertz CT molecular complexity index is 314. The van der Waals surface area contributed by atoms with Crippen molar-refractivity contribution in [2.45, 2.75) is 69.5 Å². The molecule has 132 valence electrons. The van der Waals surface area contributed by atoms with E-state index in [2.05, 4.69) is 0 Å². The lowest BCUT2D eigenvalue weighted by molar-refractivity contribution is -0.321. The summed E-state index contributed by atoms with van der Waals surface area (Å²) in [6, 6.07) is 0. The van der Waals surface area contributed by atoms with Crippen LogP contribution in [0.1, 0.15) is 20.3 Å². The molecule has 0 saturated carbocycles. The molecule has 0 radical (unpaired) electrons. The van der Waals surface area contributed by atoms with Crippen LogP contribution in [0.15, 0.2) is 0 Å². The average Bonchev–Trinajstić information content (AvgIpc) is 2.52. The van der Waals surface area contributed by atoms with Crippen LogP contribution in [0, 0.1) is 0 Å². The molecule has 6 N–H and O–H groups in total. The van der Waals surface area contributed by atoms with Gasteiger partial charge in [0.2, 0.25) is 0 Å². The number of aliphatic hydroxyl groups excluding tert-OH is 6. The molecule has 0 aromatic rings. The van der Waals surface area contributed by atoms with E-state index in [1.54, 1.807) is 6.92 Å². The molecule has 7 unspecified atom stereocenters. The van der Waals surface area contributed by atoms with Crippen molar-refractivity contribution in [1.29, 1.82) is 0 Å². The highest BCUT2D eigenvalue weighted by Crippen LogP contribution is 2.24. The highest BCUT2D eigenvalue weighted by molar-refractivity contribution is 4.89. The first kappa shape index (κ1) is 19.7. The van der Waals surface area contributed by atoms with Gasteiger partial charge in [-0.2, -0.15) is 0 Å². The van der Waals surface area contributed by atoms with Gasteiger partial charge in [0.15, 0.2) is 12.6 Å². The molecule has 22 heavy (non-hydrogen) atoms. The van der Waals surface area contributed by atoms with E-state index in [1.165, 1.54) is 6.92 Å². The fourth-order valence-corrected chi connectivity index (χ4v) is 2.08. The third-order valence-corrected chi connectivity index (χ3v) is 3.58. The summed E-state index contributed by atoms with van der Waals surface area (Å²) in [4.78, 5) is 0. The van der Waals surface area contributed by atoms with Crippen molar-refractivity contribution in [3.8, 4) is 0 Å². The third-order valence-electron chi connectivity index (χ3n) is 3.58. The van der Waals surface area contributed by atoms with Crippen LogP contribution in [0.25, 0.3) is 0 Å². The summed E-state index contributed by atoms with van der Waals surface area (Å²) in [6.45, 7) is 2.23. The summed E-state index contributed by atoms with van der Waals surface area (Å²) in [5.74, 6) is 0. The van der Waals surface area contributed by atoms with Crippen molar-refractivity contribution in [2.75, 3.05) is 13.2 Å². The van der Waals surface area contributed by atoms with Crippen molar-refractivity contribution in [3.05, 3.63) is 0 Å². The molecule has 9 nitrogen and oxygen atoms in total. The second kappa shape index (κ2) is 9.06. The lowest BCUT2D eigenvalue weighted by Crippen LogP contribution is -2.60. The van der Waals surface area contributed by atoms with Gasteiger partial charge in [0, 0.05) is 0 Å². The molecule has 0 bridgehead atoms. The van der Waals surface area contributed by atoms with Crippen LogP contribution < -0.4 is 0 Å². The second-order valence-electron chi connectivity index (χ2n) is 5.26. The van der Waals surface area contributed by atoms with Gasteiger partial charge in [0.25, 0.3) is 0 Å². The Morgan fingerprint density at radius 1 is 1.09 bits per heavy atom. The molecular weight excluding hydrogens is 300 g/mol. The minimum atomic E-state index is -1.54. The Kier molecular flexibility index (Phi) is 8.11. The Labute approximate surface area is 128 Å². The summed E-state index contributed by atoms with van der Waals surface area (Å²) >= 11 is 0. The van der Waals surface area contributed by atoms with Gasteiger partial charge >= 0.3 is 0 Å². The molecule has 1 saturated heterocycles. The lowest BCUT2D eigenvalue weighted by Gasteiger charge is -2.41. The van der Waals surface area contributed by atoms with E-state index in [4.69, 9.17) is 19.3 Å². The molecule has 9 heteroatoms. The maximum absolute atomic E-state index is 9.86. The van der Waals surface area contributed by atoms with E-state index in [-0.39, 0.29) is 0 Å². The maximum atomic E-state index is 9.86. The maximum Gasteiger partial charge on any atom is 0.187 e. The minimum absolute atomic E-state index is 0.323. The predicted octanol–water partition coefficient (Wildman–Crippen LogP) is -2.70. The van der Waals surface area contributed by atoms with Gasteiger partial charge in [-0.05, 0) is 13.3 Å². The summed E-state index contributed by atoms with van der Waals surface area (Å²) in [6.07, 6.45) is -9.35. The van der Waals surface area contributed by atoms with Gasteiger partial charge in [-0.1, -0.05) is 6.92 Å². The molecule has 1 aliphatic heterocycles. The Morgan fingerprint density at radius 3 is 2.23 bits per heavy atom. The van der Waals surface area contributed by atoms with Gasteiger partial charge in [-0.25, -0.2) is 0 Å². The predicted molar refractivity (Wildman–Crippen MR) is 72.6 cm³/mol. The van der Waals surface area contributed by atoms with E-state index in [0.717, 1.165) is 0 Å². The number of hydrogen-bond acceptors (Lipinski definition) is 9. The molecule has 8 atom stereocenters. The molecule has 1 aliphatic rings. The van der Waals surface area contributed by atoms with E-state index in [1.807, 2.05) is 0 Å². The van der Waals surface area contributed by atoms with Gasteiger partial charge < -0.3 is 44.8 Å². The van der Waals surface area contributed by atoms with E-state index in [0.29, 0.717) is 6.42 Å². The molecule has 0 amide bonds. The van der Waals surface area contributed by atoms with Crippen LogP contribution in [0.4, 0.5) is 0 Å². The summed E-state index contributed by atoms with van der Waals surface area (Å²) in [5.41, 5.74) is 0. The molecule has 0 aromatic carbocycles. The largest absolute Gasteiger partial charge is 0.394 e. The van der Waals surface area contributed by atoms with Crippen LogP contribution in [0.5, 0.6) is 0 Å². The summed E-state index contributed by atoms with van der Waals surface area (Å²) in [7, 11) is 0. The second-order valence-corrected chi connectivity index (χ2v) is 5.26. The Balaban J connectivity index is 2.66. The average molecular weight is 326 g/mol. The zero-order chi connectivity index (χ0) is 16.9. The topological polar surface area (TPSA) is 149 Å². The summed E-state index contributed by atoms with van der Waals surface area (Å²) < 4.78 is 15.8. The first-order valence-electron chi connectivity index (χ1n) is 7.26. The highest BCUT2D eigenvalue weighted by atomic mass is 16.7. The van der Waals surface area contributed by atoms with Crippen LogP contribution in [0.2, 0.25) is 0 Å². The van der Waals surface area contributed by atoms with Crippen molar-refractivity contribution >= 4 is 0 Å². The van der Waals surface area contributed by atoms with Crippen LogP contribution in [-0.4, -0.2) is 93.1 Å². The lowest BCUT2D eigenvalue weighted by atomic mass is 9.99. The number of hydrogen-bond donors (Lipinski definition) is 6. The van der Waals surface area contributed by atoms with Crippen molar-refractivity contribution in [3.63, 3.8) is 0 Å². The van der Waals surface area contributed by atoms with Crippen molar-refractivity contribution in [2.24, 2.45) is 0 Å². The zero-order valence-corrected chi connectivity index (χ0v) is 12.6. The van der Waals surface area contributed by atoms with Gasteiger partial charge in [-0.15, -0.1) is 0 Å². The van der Waals surface area contributed by atoms with Gasteiger partial charge in [0.05, 0.1) is 19.3 Å². The van der Waals surface area contributed by atoms with E-state index >= 15 is 0 Å². The van der Waals surface area contributed by atoms with Crippen molar-refractivity contribution in [1.82, 2.24) is 0 Å². The molecule has 1 rings (SSSR count). The minimum Gasteiger partial charge on any atom is -0.394 e. The first-order valence-corrected chi connectivity index (χ1v) is 7.26. The molecule has 0 spiro atoms. The van der Waals surface area contributed by atoms with Gasteiger partial charge in [-0.3, -0.25) is 0 Å². The third kappa shape index (κ3) is 4.82. The normalized spacial score (nSPS) is 36.8. The molecule has 0 aliphatic carbocycles. The molecule has 1 heterocycles. The highest BCUT2D eigenvalue weighted by Gasteiger charge is 2.45. The number of aliphatic hydroxyl groups is 6. The molecular formula is C13H26O9. The Hall–Kier alpha value is -0.360. The van der Waals surface area contributed by atoms with Crippen molar-refractivity contribution < 1.29 is 44.8 Å². The molecule has 1 fully saturated rings. The van der Waals surface area contributed by atoms with Gasteiger partial charge in [0.1, 0.15) is 30.5 Å². The summed E-state index contributed by atoms with van der Waals surface area (Å²) in [5, 5.41) is 57.0. The van der Waals surface area contributed by atoms with E-state index in [9.17, 15) is 25.5 Å². The van der Waals surface area contributed by atoms with Crippen LogP contribution in [0.3, 0.4) is 0 Å². The number of ether oxygens (including phenoxy) is 3. The monoisotopic (exact) mass is 326 g/mol. The van der Waals surface area contributed by atoms with Crippen LogP contribution >= 0.6 is 0 Å². The standard InChI is InChI=1S/C13H26O9/c1-3-9(16)21-7(4-14)6(2)20-13-12(19)11(18)10(17)8(5-15)22-13/h6-19H,3-5H2,1-2H3/t6?,7?,8?,9-,10?,11?,12?,13?/m0/s1. The molecule has 0 aromatic heterocycles. The SMILES string of the molecule is CC[C@@H](O)OC(CO)C(C)OC1OC(CO)C(O)C(O)C1O.